The van der Waals surface area contributed by atoms with Crippen molar-refractivity contribution < 1.29 is 14.3 Å². The summed E-state index contributed by atoms with van der Waals surface area (Å²) in [5.74, 6) is 1.26. The molecule has 2 aromatic carbocycles. The molecule has 0 aliphatic heterocycles. The molecule has 0 aromatic heterocycles. The standard InChI is InChI=1S/C13H9ClO3/c14-11-7-4-8-12(13(11)16-9-15)17-10-5-2-1-3-6-10/h1-9H. The maximum absolute atomic E-state index is 10.4. The van der Waals surface area contributed by atoms with Gasteiger partial charge in [0.2, 0.25) is 0 Å². The predicted octanol–water partition coefficient (Wildman–Crippen LogP) is 3.67. The molecule has 0 N–H and O–H groups in total. The van der Waals surface area contributed by atoms with Crippen molar-refractivity contribution in [2.24, 2.45) is 0 Å². The van der Waals surface area contributed by atoms with E-state index in [0.717, 1.165) is 0 Å². The third-order valence-corrected chi connectivity index (χ3v) is 2.37. The lowest BCUT2D eigenvalue weighted by Gasteiger charge is -2.10. The average Bonchev–Trinajstić information content (AvgIpc) is 2.35. The maximum atomic E-state index is 10.4. The topological polar surface area (TPSA) is 35.5 Å². The van der Waals surface area contributed by atoms with Gasteiger partial charge >= 0.3 is 0 Å². The molecule has 0 bridgehead atoms. The molecule has 2 rings (SSSR count). The molecule has 0 saturated carbocycles. The Kier molecular flexibility index (Phi) is 3.62. The van der Waals surface area contributed by atoms with Crippen molar-refractivity contribution in [3.8, 4) is 17.2 Å². The van der Waals surface area contributed by atoms with E-state index in [0.29, 0.717) is 23.0 Å². The van der Waals surface area contributed by atoms with Crippen molar-refractivity contribution >= 4 is 18.1 Å². The van der Waals surface area contributed by atoms with Gasteiger partial charge in [-0.05, 0) is 24.3 Å². The summed E-state index contributed by atoms with van der Waals surface area (Å²) in [6, 6.07) is 14.2. The molecule has 0 aliphatic carbocycles. The smallest absolute Gasteiger partial charge is 0.298 e. The molecule has 0 radical (unpaired) electrons. The lowest BCUT2D eigenvalue weighted by atomic mass is 10.3. The van der Waals surface area contributed by atoms with Crippen LogP contribution in [0.25, 0.3) is 0 Å². The van der Waals surface area contributed by atoms with E-state index >= 15 is 0 Å². The number of carbonyl (C=O) groups excluding carboxylic acids is 1. The number of hydrogen-bond acceptors (Lipinski definition) is 3. The Hall–Kier alpha value is -2.00. The minimum absolute atomic E-state index is 0.216. The molecule has 0 heterocycles. The van der Waals surface area contributed by atoms with Gasteiger partial charge in [-0.2, -0.15) is 0 Å². The molecular weight excluding hydrogens is 240 g/mol. The summed E-state index contributed by atoms with van der Waals surface area (Å²) < 4.78 is 10.4. The first-order chi connectivity index (χ1) is 8.31. The van der Waals surface area contributed by atoms with Crippen LogP contribution >= 0.6 is 11.6 Å². The van der Waals surface area contributed by atoms with Crippen molar-refractivity contribution in [1.29, 1.82) is 0 Å². The second-order valence-electron chi connectivity index (χ2n) is 3.20. The third kappa shape index (κ3) is 2.77. The Morgan fingerprint density at radius 2 is 1.76 bits per heavy atom. The lowest BCUT2D eigenvalue weighted by molar-refractivity contribution is -0.120. The van der Waals surface area contributed by atoms with E-state index < -0.39 is 0 Å². The maximum Gasteiger partial charge on any atom is 0.298 e. The van der Waals surface area contributed by atoms with Crippen molar-refractivity contribution in [1.82, 2.24) is 0 Å². The highest BCUT2D eigenvalue weighted by atomic mass is 35.5. The third-order valence-electron chi connectivity index (χ3n) is 2.07. The number of ether oxygens (including phenoxy) is 2. The summed E-state index contributed by atoms with van der Waals surface area (Å²) in [5, 5.41) is 0.325. The summed E-state index contributed by atoms with van der Waals surface area (Å²) in [5.41, 5.74) is 0. The highest BCUT2D eigenvalue weighted by Crippen LogP contribution is 2.37. The van der Waals surface area contributed by atoms with Crippen LogP contribution < -0.4 is 9.47 Å². The van der Waals surface area contributed by atoms with Crippen LogP contribution in [0.1, 0.15) is 0 Å². The molecule has 0 atom stereocenters. The van der Waals surface area contributed by atoms with Gasteiger partial charge in [-0.1, -0.05) is 35.9 Å². The molecule has 86 valence electrons. The second kappa shape index (κ2) is 5.37. The molecular formula is C13H9ClO3. The first-order valence-corrected chi connectivity index (χ1v) is 5.31. The largest absolute Gasteiger partial charge is 0.453 e. The Labute approximate surface area is 104 Å². The van der Waals surface area contributed by atoms with E-state index in [4.69, 9.17) is 21.1 Å². The molecule has 0 aliphatic rings. The van der Waals surface area contributed by atoms with Gasteiger partial charge in [0.05, 0.1) is 5.02 Å². The highest BCUT2D eigenvalue weighted by molar-refractivity contribution is 6.32. The van der Waals surface area contributed by atoms with Gasteiger partial charge in [-0.15, -0.1) is 0 Å². The molecule has 0 fully saturated rings. The van der Waals surface area contributed by atoms with Crippen molar-refractivity contribution in [2.75, 3.05) is 0 Å². The Bertz CT molecular complexity index is 511. The van der Waals surface area contributed by atoms with Gasteiger partial charge in [0.25, 0.3) is 6.47 Å². The van der Waals surface area contributed by atoms with Crippen LogP contribution in [0.3, 0.4) is 0 Å². The Morgan fingerprint density at radius 3 is 2.47 bits per heavy atom. The Morgan fingerprint density at radius 1 is 1.00 bits per heavy atom. The summed E-state index contributed by atoms with van der Waals surface area (Å²) in [7, 11) is 0. The van der Waals surface area contributed by atoms with Gasteiger partial charge in [-0.25, -0.2) is 0 Å². The predicted molar refractivity (Wildman–Crippen MR) is 64.7 cm³/mol. The molecule has 2 aromatic rings. The molecule has 0 spiro atoms. The quantitative estimate of drug-likeness (QED) is 0.775. The first-order valence-electron chi connectivity index (χ1n) is 4.93. The summed E-state index contributed by atoms with van der Waals surface area (Å²) >= 11 is 5.91. The van der Waals surface area contributed by atoms with Crippen LogP contribution in [-0.2, 0) is 4.79 Å². The van der Waals surface area contributed by atoms with Crippen molar-refractivity contribution in [3.05, 3.63) is 53.6 Å². The van der Waals surface area contributed by atoms with Crippen LogP contribution in [0.5, 0.6) is 17.2 Å². The minimum Gasteiger partial charge on any atom is -0.453 e. The van der Waals surface area contributed by atoms with E-state index in [1.165, 1.54) is 0 Å². The van der Waals surface area contributed by atoms with E-state index in [2.05, 4.69) is 0 Å². The van der Waals surface area contributed by atoms with E-state index in [9.17, 15) is 4.79 Å². The number of rotatable bonds is 4. The zero-order valence-corrected chi connectivity index (χ0v) is 9.55. The van der Waals surface area contributed by atoms with Crippen LogP contribution in [-0.4, -0.2) is 6.47 Å². The molecule has 0 unspecified atom stereocenters. The zero-order valence-electron chi connectivity index (χ0n) is 8.80. The molecule has 4 heteroatoms. The monoisotopic (exact) mass is 248 g/mol. The molecule has 17 heavy (non-hydrogen) atoms. The number of hydrogen-bond donors (Lipinski definition) is 0. The number of para-hydroxylation sites is 2. The number of carbonyl (C=O) groups is 1. The minimum atomic E-state index is 0.216. The van der Waals surface area contributed by atoms with E-state index in [1.54, 1.807) is 30.3 Å². The summed E-state index contributed by atoms with van der Waals surface area (Å²) in [6.45, 7) is 0.319. The normalized spacial score (nSPS) is 9.71. The number of halogens is 1. The van der Waals surface area contributed by atoms with Crippen LogP contribution in [0.4, 0.5) is 0 Å². The van der Waals surface area contributed by atoms with Gasteiger partial charge in [0, 0.05) is 0 Å². The van der Waals surface area contributed by atoms with E-state index in [-0.39, 0.29) is 5.75 Å². The molecule has 0 saturated heterocycles. The van der Waals surface area contributed by atoms with Gasteiger partial charge in [0.15, 0.2) is 11.5 Å². The molecule has 0 amide bonds. The fourth-order valence-electron chi connectivity index (χ4n) is 1.35. The number of benzene rings is 2. The van der Waals surface area contributed by atoms with Crippen molar-refractivity contribution in [3.63, 3.8) is 0 Å². The van der Waals surface area contributed by atoms with Gasteiger partial charge < -0.3 is 9.47 Å². The van der Waals surface area contributed by atoms with E-state index in [1.807, 2.05) is 18.2 Å². The zero-order chi connectivity index (χ0) is 12.1. The van der Waals surface area contributed by atoms with Gasteiger partial charge in [0.1, 0.15) is 5.75 Å². The van der Waals surface area contributed by atoms with Crippen LogP contribution in [0.2, 0.25) is 5.02 Å². The lowest BCUT2D eigenvalue weighted by Crippen LogP contribution is -1.93. The van der Waals surface area contributed by atoms with Crippen LogP contribution in [0.15, 0.2) is 48.5 Å². The fraction of sp³-hybridized carbons (Fsp3) is 0. The van der Waals surface area contributed by atoms with Gasteiger partial charge in [-0.3, -0.25) is 4.79 Å². The average molecular weight is 249 g/mol. The van der Waals surface area contributed by atoms with Crippen LogP contribution in [0, 0.1) is 0 Å². The van der Waals surface area contributed by atoms with Crippen molar-refractivity contribution in [2.45, 2.75) is 0 Å². The fourth-order valence-corrected chi connectivity index (χ4v) is 1.56. The highest BCUT2D eigenvalue weighted by Gasteiger charge is 2.10. The Balaban J connectivity index is 2.32. The molecule has 3 nitrogen and oxygen atoms in total. The second-order valence-corrected chi connectivity index (χ2v) is 3.60. The summed E-state index contributed by atoms with van der Waals surface area (Å²) in [6.07, 6.45) is 0. The first kappa shape index (κ1) is 11.5. The summed E-state index contributed by atoms with van der Waals surface area (Å²) in [4.78, 5) is 10.4. The SMILES string of the molecule is O=COc1c(Cl)cccc1Oc1ccccc1.